The zero-order valence-corrected chi connectivity index (χ0v) is 11.8. The normalized spacial score (nSPS) is 26.2. The van der Waals surface area contributed by atoms with Crippen LogP contribution in [0.3, 0.4) is 0 Å². The number of rotatable bonds is 6. The molecule has 3 atom stereocenters. The van der Waals surface area contributed by atoms with Crippen molar-refractivity contribution in [2.45, 2.75) is 53.0 Å². The fourth-order valence-electron chi connectivity index (χ4n) is 2.37. The molecule has 17 heavy (non-hydrogen) atoms. The van der Waals surface area contributed by atoms with Crippen molar-refractivity contribution in [2.24, 2.45) is 17.8 Å². The minimum absolute atomic E-state index is 0.122. The lowest BCUT2D eigenvalue weighted by molar-refractivity contribution is -0.121. The maximum Gasteiger partial charge on any atom is 0.234 e. The molecule has 3 heteroatoms. The topological polar surface area (TPSA) is 41.1 Å². The second kappa shape index (κ2) is 7.00. The standard InChI is InChI=1S/C14H28N2O/c1-10(2)12(4)16-14(17)9-15-8-13-7-5-6-11(13)3/h10-13,15H,5-9H2,1-4H3,(H,16,17). The second-order valence-electron chi connectivity index (χ2n) is 5.90. The van der Waals surface area contributed by atoms with Gasteiger partial charge in [-0.25, -0.2) is 0 Å². The third-order valence-electron chi connectivity index (χ3n) is 4.12. The Kier molecular flexibility index (Phi) is 5.96. The lowest BCUT2D eigenvalue weighted by atomic mass is 9.98. The Bertz CT molecular complexity index is 240. The van der Waals surface area contributed by atoms with Crippen molar-refractivity contribution in [3.05, 3.63) is 0 Å². The van der Waals surface area contributed by atoms with Crippen molar-refractivity contribution in [2.75, 3.05) is 13.1 Å². The molecule has 1 rings (SSSR count). The summed E-state index contributed by atoms with van der Waals surface area (Å²) in [5.74, 6) is 2.20. The van der Waals surface area contributed by atoms with Gasteiger partial charge in [-0.3, -0.25) is 4.79 Å². The van der Waals surface area contributed by atoms with E-state index >= 15 is 0 Å². The summed E-state index contributed by atoms with van der Waals surface area (Å²) >= 11 is 0. The van der Waals surface area contributed by atoms with E-state index in [-0.39, 0.29) is 11.9 Å². The minimum atomic E-state index is 0.122. The molecule has 1 aliphatic rings. The highest BCUT2D eigenvalue weighted by Gasteiger charge is 2.22. The van der Waals surface area contributed by atoms with Gasteiger partial charge in [-0.1, -0.05) is 33.6 Å². The van der Waals surface area contributed by atoms with Crippen LogP contribution >= 0.6 is 0 Å². The number of amides is 1. The largest absolute Gasteiger partial charge is 0.352 e. The summed E-state index contributed by atoms with van der Waals surface area (Å²) in [5, 5.41) is 6.30. The summed E-state index contributed by atoms with van der Waals surface area (Å²) in [6, 6.07) is 0.259. The molecular formula is C14H28N2O. The zero-order chi connectivity index (χ0) is 12.8. The van der Waals surface area contributed by atoms with Gasteiger partial charge in [0, 0.05) is 6.04 Å². The van der Waals surface area contributed by atoms with Crippen LogP contribution in [0.5, 0.6) is 0 Å². The molecule has 0 aromatic carbocycles. The summed E-state index contributed by atoms with van der Waals surface area (Å²) in [6.45, 7) is 10.1. The van der Waals surface area contributed by atoms with Gasteiger partial charge in [-0.05, 0) is 37.6 Å². The van der Waals surface area contributed by atoms with Gasteiger partial charge in [0.1, 0.15) is 0 Å². The Labute approximate surface area is 106 Å². The van der Waals surface area contributed by atoms with Crippen LogP contribution in [0.1, 0.15) is 47.0 Å². The first-order chi connectivity index (χ1) is 8.00. The van der Waals surface area contributed by atoms with Gasteiger partial charge >= 0.3 is 0 Å². The Morgan fingerprint density at radius 2 is 2.00 bits per heavy atom. The van der Waals surface area contributed by atoms with Crippen LogP contribution in [0.4, 0.5) is 0 Å². The van der Waals surface area contributed by atoms with E-state index in [1.165, 1.54) is 19.3 Å². The Balaban J connectivity index is 2.11. The van der Waals surface area contributed by atoms with E-state index in [9.17, 15) is 4.79 Å². The smallest absolute Gasteiger partial charge is 0.234 e. The lowest BCUT2D eigenvalue weighted by Crippen LogP contribution is -2.42. The van der Waals surface area contributed by atoms with Crippen LogP contribution in [0.2, 0.25) is 0 Å². The third kappa shape index (κ3) is 5.07. The Morgan fingerprint density at radius 3 is 2.53 bits per heavy atom. The van der Waals surface area contributed by atoms with Crippen LogP contribution in [-0.2, 0) is 4.79 Å². The molecule has 1 amide bonds. The number of carbonyl (C=O) groups is 1. The predicted molar refractivity (Wildman–Crippen MR) is 71.8 cm³/mol. The van der Waals surface area contributed by atoms with E-state index in [0.29, 0.717) is 12.5 Å². The van der Waals surface area contributed by atoms with Gasteiger partial charge in [-0.15, -0.1) is 0 Å². The second-order valence-corrected chi connectivity index (χ2v) is 5.90. The molecule has 1 aliphatic carbocycles. The lowest BCUT2D eigenvalue weighted by Gasteiger charge is -2.19. The molecule has 0 saturated heterocycles. The van der Waals surface area contributed by atoms with Gasteiger partial charge in [0.25, 0.3) is 0 Å². The maximum atomic E-state index is 11.6. The third-order valence-corrected chi connectivity index (χ3v) is 4.12. The molecule has 3 nitrogen and oxygen atoms in total. The van der Waals surface area contributed by atoms with Crippen LogP contribution in [0.15, 0.2) is 0 Å². The summed E-state index contributed by atoms with van der Waals surface area (Å²) < 4.78 is 0. The fraction of sp³-hybridized carbons (Fsp3) is 0.929. The van der Waals surface area contributed by atoms with Crippen LogP contribution in [0.25, 0.3) is 0 Å². The van der Waals surface area contributed by atoms with Gasteiger partial charge < -0.3 is 10.6 Å². The molecule has 3 unspecified atom stereocenters. The molecule has 1 fully saturated rings. The van der Waals surface area contributed by atoms with Crippen molar-refractivity contribution in [3.8, 4) is 0 Å². The number of nitrogens with one attached hydrogen (secondary N) is 2. The van der Waals surface area contributed by atoms with Crippen LogP contribution in [0, 0.1) is 17.8 Å². The molecule has 0 radical (unpaired) electrons. The van der Waals surface area contributed by atoms with Crippen LogP contribution < -0.4 is 10.6 Å². The summed E-state index contributed by atoms with van der Waals surface area (Å²) in [5.41, 5.74) is 0. The van der Waals surface area contributed by atoms with Crippen molar-refractivity contribution in [1.29, 1.82) is 0 Å². The Morgan fingerprint density at radius 1 is 1.29 bits per heavy atom. The molecule has 0 heterocycles. The molecule has 1 saturated carbocycles. The van der Waals surface area contributed by atoms with E-state index in [1.54, 1.807) is 0 Å². The number of hydrogen-bond donors (Lipinski definition) is 2. The molecule has 0 spiro atoms. The number of hydrogen-bond acceptors (Lipinski definition) is 2. The van der Waals surface area contributed by atoms with Crippen molar-refractivity contribution in [3.63, 3.8) is 0 Å². The highest BCUT2D eigenvalue weighted by atomic mass is 16.1. The molecule has 0 bridgehead atoms. The molecule has 0 aliphatic heterocycles. The SMILES string of the molecule is CC(C)C(C)NC(=O)CNCC1CCCC1C. The first-order valence-electron chi connectivity index (χ1n) is 7.00. The molecular weight excluding hydrogens is 212 g/mol. The van der Waals surface area contributed by atoms with Gasteiger partial charge in [-0.2, -0.15) is 0 Å². The van der Waals surface area contributed by atoms with Gasteiger partial charge in [0.2, 0.25) is 5.91 Å². The first-order valence-corrected chi connectivity index (χ1v) is 7.00. The van der Waals surface area contributed by atoms with E-state index < -0.39 is 0 Å². The molecule has 2 N–H and O–H groups in total. The highest BCUT2D eigenvalue weighted by Crippen LogP contribution is 2.30. The summed E-state index contributed by atoms with van der Waals surface area (Å²) in [7, 11) is 0. The van der Waals surface area contributed by atoms with Gasteiger partial charge in [0.05, 0.1) is 6.54 Å². The molecule has 0 aromatic rings. The monoisotopic (exact) mass is 240 g/mol. The van der Waals surface area contributed by atoms with E-state index in [2.05, 4.69) is 38.3 Å². The summed E-state index contributed by atoms with van der Waals surface area (Å²) in [6.07, 6.45) is 4.02. The van der Waals surface area contributed by atoms with Crippen LogP contribution in [-0.4, -0.2) is 25.0 Å². The van der Waals surface area contributed by atoms with Gasteiger partial charge in [0.15, 0.2) is 0 Å². The Hall–Kier alpha value is -0.570. The zero-order valence-electron chi connectivity index (χ0n) is 11.8. The van der Waals surface area contributed by atoms with Crippen molar-refractivity contribution < 1.29 is 4.79 Å². The van der Waals surface area contributed by atoms with E-state index in [0.717, 1.165) is 18.4 Å². The minimum Gasteiger partial charge on any atom is -0.352 e. The fourth-order valence-corrected chi connectivity index (χ4v) is 2.37. The average Bonchev–Trinajstić information content (AvgIpc) is 2.64. The number of carbonyl (C=O) groups excluding carboxylic acids is 1. The molecule has 100 valence electrons. The predicted octanol–water partition coefficient (Wildman–Crippen LogP) is 2.17. The first kappa shape index (κ1) is 14.5. The van der Waals surface area contributed by atoms with Crippen molar-refractivity contribution in [1.82, 2.24) is 10.6 Å². The quantitative estimate of drug-likeness (QED) is 0.747. The maximum absolute atomic E-state index is 11.6. The highest BCUT2D eigenvalue weighted by molar-refractivity contribution is 5.78. The molecule has 0 aromatic heterocycles. The van der Waals surface area contributed by atoms with E-state index in [4.69, 9.17) is 0 Å². The average molecular weight is 240 g/mol. The summed E-state index contributed by atoms with van der Waals surface area (Å²) in [4.78, 5) is 11.6. The van der Waals surface area contributed by atoms with E-state index in [1.807, 2.05) is 0 Å². The van der Waals surface area contributed by atoms with Crippen molar-refractivity contribution >= 4 is 5.91 Å².